The molecule has 3 rings (SSSR count). The lowest BCUT2D eigenvalue weighted by Crippen LogP contribution is -2.50. The van der Waals surface area contributed by atoms with Gasteiger partial charge in [0.15, 0.2) is 0 Å². The fourth-order valence-corrected chi connectivity index (χ4v) is 3.85. The summed E-state index contributed by atoms with van der Waals surface area (Å²) in [6.07, 6.45) is 2.79. The van der Waals surface area contributed by atoms with Crippen molar-refractivity contribution in [3.63, 3.8) is 0 Å². The molecule has 8 atom stereocenters. The summed E-state index contributed by atoms with van der Waals surface area (Å²) in [5.74, 6) is 1.25. The van der Waals surface area contributed by atoms with Gasteiger partial charge in [-0.15, -0.1) is 0 Å². The van der Waals surface area contributed by atoms with Gasteiger partial charge in [0.1, 0.15) is 11.9 Å². The molecule has 2 saturated heterocycles. The fraction of sp³-hybridized carbons (Fsp3) is 0.762. The maximum absolute atomic E-state index is 10.6. The van der Waals surface area contributed by atoms with Crippen LogP contribution in [0.4, 0.5) is 0 Å². The molecule has 1 aromatic heterocycles. The van der Waals surface area contributed by atoms with E-state index in [0.717, 1.165) is 17.8 Å². The minimum absolute atomic E-state index is 0.0102. The average molecular weight is 395 g/mol. The van der Waals surface area contributed by atoms with Crippen molar-refractivity contribution < 1.29 is 29.2 Å². The Labute approximate surface area is 166 Å². The molecule has 0 radical (unpaired) electrons. The zero-order valence-electron chi connectivity index (χ0n) is 17.1. The number of aliphatic hydroxyl groups is 3. The molecule has 2 aliphatic heterocycles. The third kappa shape index (κ3) is 5.02. The third-order valence-corrected chi connectivity index (χ3v) is 5.99. The lowest BCUT2D eigenvalue weighted by molar-refractivity contribution is -0.165. The number of aliphatic hydroxyl groups excluding tert-OH is 3. The summed E-state index contributed by atoms with van der Waals surface area (Å²) in [6.45, 7) is 8.04. The van der Waals surface area contributed by atoms with E-state index in [-0.39, 0.29) is 24.0 Å². The van der Waals surface area contributed by atoms with E-state index in [1.807, 2.05) is 26.8 Å². The number of rotatable bonds is 8. The first-order chi connectivity index (χ1) is 13.3. The normalized spacial score (nSPS) is 35.6. The summed E-state index contributed by atoms with van der Waals surface area (Å²) in [5, 5.41) is 30.8. The quantitative estimate of drug-likeness (QED) is 0.577. The van der Waals surface area contributed by atoms with Crippen molar-refractivity contribution in [2.24, 2.45) is 11.8 Å². The first-order valence-electron chi connectivity index (χ1n) is 10.2. The van der Waals surface area contributed by atoms with E-state index in [0.29, 0.717) is 25.3 Å². The third-order valence-electron chi connectivity index (χ3n) is 5.99. The van der Waals surface area contributed by atoms with Crippen molar-refractivity contribution >= 4 is 6.08 Å². The highest BCUT2D eigenvalue weighted by atomic mass is 16.6. The molecule has 2 aliphatic rings. The van der Waals surface area contributed by atoms with E-state index >= 15 is 0 Å². The molecule has 0 saturated carbocycles. The predicted octanol–water partition coefficient (Wildman–Crippen LogP) is 1.94. The molecule has 158 valence electrons. The van der Waals surface area contributed by atoms with E-state index in [1.54, 1.807) is 13.1 Å². The van der Waals surface area contributed by atoms with Crippen molar-refractivity contribution in [2.75, 3.05) is 6.61 Å². The summed E-state index contributed by atoms with van der Waals surface area (Å²) in [4.78, 5) is 4.21. The minimum atomic E-state index is -0.954. The molecule has 0 spiro atoms. The zero-order valence-corrected chi connectivity index (χ0v) is 17.1. The minimum Gasteiger partial charge on any atom is -0.442 e. The number of hydrogen-bond donors (Lipinski definition) is 3. The van der Waals surface area contributed by atoms with Crippen molar-refractivity contribution in [3.8, 4) is 0 Å². The van der Waals surface area contributed by atoms with E-state index in [2.05, 4.69) is 4.98 Å². The summed E-state index contributed by atoms with van der Waals surface area (Å²) in [7, 11) is 0. The molecule has 0 bridgehead atoms. The van der Waals surface area contributed by atoms with Crippen molar-refractivity contribution in [1.29, 1.82) is 0 Å². The van der Waals surface area contributed by atoms with Crippen LogP contribution in [-0.4, -0.2) is 63.5 Å². The molecular formula is C21H33NO6. The smallest absolute Gasteiger partial charge is 0.218 e. The highest BCUT2D eigenvalue weighted by Crippen LogP contribution is 2.38. The number of nitrogens with zero attached hydrogens (tertiary/aromatic N) is 1. The monoisotopic (exact) mass is 395 g/mol. The second kappa shape index (κ2) is 9.05. The Morgan fingerprint density at radius 1 is 1.29 bits per heavy atom. The lowest BCUT2D eigenvalue weighted by atomic mass is 9.85. The van der Waals surface area contributed by atoms with E-state index < -0.39 is 24.4 Å². The number of aromatic nitrogens is 1. The Morgan fingerprint density at radius 2 is 2.04 bits per heavy atom. The van der Waals surface area contributed by atoms with Gasteiger partial charge in [-0.25, -0.2) is 4.98 Å². The van der Waals surface area contributed by atoms with Gasteiger partial charge in [-0.3, -0.25) is 0 Å². The number of aryl methyl sites for hydroxylation is 1. The lowest BCUT2D eigenvalue weighted by Gasteiger charge is -2.38. The molecule has 1 aromatic rings. The van der Waals surface area contributed by atoms with Gasteiger partial charge in [0.25, 0.3) is 0 Å². The van der Waals surface area contributed by atoms with Crippen LogP contribution in [0.3, 0.4) is 0 Å². The van der Waals surface area contributed by atoms with Gasteiger partial charge in [-0.2, -0.15) is 0 Å². The number of hydrogen-bond acceptors (Lipinski definition) is 7. The largest absolute Gasteiger partial charge is 0.442 e. The molecule has 0 unspecified atom stereocenters. The summed E-state index contributed by atoms with van der Waals surface area (Å²) in [5.41, 5.74) is 0.968. The summed E-state index contributed by atoms with van der Waals surface area (Å²) in [6, 6.07) is 0. The standard InChI is InChI=1S/C21H33NO6/c1-5-15-9-22-18(27-15)7-11(2)6-16-20(25)19(24)14(10-26-16)8-17-21(28-17)12(3)13(4)23/h7,9,12-14,16-17,19-21,23-25H,5-6,8,10H2,1-4H3/b11-7+/t12-,13-,14-,16-,17-,19+,20-,21-/m0/s1. The number of epoxide rings is 1. The van der Waals surface area contributed by atoms with Gasteiger partial charge in [-0.05, 0) is 32.8 Å². The maximum Gasteiger partial charge on any atom is 0.218 e. The topological polar surface area (TPSA) is 108 Å². The first-order valence-corrected chi connectivity index (χ1v) is 10.2. The number of oxazole rings is 1. The Morgan fingerprint density at radius 3 is 2.68 bits per heavy atom. The first kappa shape index (κ1) is 21.5. The molecular weight excluding hydrogens is 362 g/mol. The fourth-order valence-electron chi connectivity index (χ4n) is 3.85. The van der Waals surface area contributed by atoms with Gasteiger partial charge >= 0.3 is 0 Å². The Balaban J connectivity index is 1.51. The molecule has 0 amide bonds. The van der Waals surface area contributed by atoms with Crippen molar-refractivity contribution in [2.45, 2.75) is 83.6 Å². The van der Waals surface area contributed by atoms with Crippen molar-refractivity contribution in [1.82, 2.24) is 4.98 Å². The Kier molecular flexibility index (Phi) is 6.94. The highest BCUT2D eigenvalue weighted by molar-refractivity contribution is 5.43. The molecule has 7 heteroatoms. The molecule has 0 aliphatic carbocycles. The van der Waals surface area contributed by atoms with Crippen LogP contribution >= 0.6 is 0 Å². The van der Waals surface area contributed by atoms with E-state index in [1.165, 1.54) is 0 Å². The molecule has 7 nitrogen and oxygen atoms in total. The molecule has 0 aromatic carbocycles. The van der Waals surface area contributed by atoms with Crippen LogP contribution in [0.5, 0.6) is 0 Å². The van der Waals surface area contributed by atoms with Gasteiger partial charge in [0.05, 0.1) is 43.3 Å². The molecule has 3 heterocycles. The second-order valence-electron chi connectivity index (χ2n) is 8.30. The Bertz CT molecular complexity index is 672. The van der Waals surface area contributed by atoms with E-state index in [4.69, 9.17) is 13.9 Å². The average Bonchev–Trinajstić information content (AvgIpc) is 3.28. The van der Waals surface area contributed by atoms with E-state index in [9.17, 15) is 15.3 Å². The molecule has 3 N–H and O–H groups in total. The van der Waals surface area contributed by atoms with Crippen LogP contribution in [0.1, 0.15) is 52.2 Å². The van der Waals surface area contributed by atoms with Gasteiger partial charge in [0.2, 0.25) is 5.89 Å². The van der Waals surface area contributed by atoms with Crippen LogP contribution in [0.15, 0.2) is 16.2 Å². The van der Waals surface area contributed by atoms with Crippen LogP contribution in [0.2, 0.25) is 0 Å². The number of ether oxygens (including phenoxy) is 2. The van der Waals surface area contributed by atoms with Crippen LogP contribution < -0.4 is 0 Å². The van der Waals surface area contributed by atoms with Crippen LogP contribution in [-0.2, 0) is 15.9 Å². The van der Waals surface area contributed by atoms with Gasteiger partial charge < -0.3 is 29.2 Å². The predicted molar refractivity (Wildman–Crippen MR) is 104 cm³/mol. The van der Waals surface area contributed by atoms with Crippen LogP contribution in [0.25, 0.3) is 6.08 Å². The SMILES string of the molecule is CCc1cnc(/C=C(\C)C[C@@H]2OC[C@H](C[C@@H]3O[C@H]3[C@@H](C)[C@H](C)O)[C@@H](O)[C@H]2O)o1. The van der Waals surface area contributed by atoms with Crippen molar-refractivity contribution in [3.05, 3.63) is 23.4 Å². The second-order valence-corrected chi connectivity index (χ2v) is 8.30. The van der Waals surface area contributed by atoms with Gasteiger partial charge in [0, 0.05) is 18.3 Å². The zero-order chi connectivity index (χ0) is 20.4. The summed E-state index contributed by atoms with van der Waals surface area (Å²) >= 11 is 0. The summed E-state index contributed by atoms with van der Waals surface area (Å²) < 4.78 is 17.1. The maximum atomic E-state index is 10.6. The highest BCUT2D eigenvalue weighted by Gasteiger charge is 2.48. The molecule has 2 fully saturated rings. The van der Waals surface area contributed by atoms with Crippen LogP contribution in [0, 0.1) is 11.8 Å². The Hall–Kier alpha value is -1.25. The van der Waals surface area contributed by atoms with Gasteiger partial charge in [-0.1, -0.05) is 19.4 Å². The molecule has 28 heavy (non-hydrogen) atoms.